The number of para-hydroxylation sites is 1. The first-order valence-corrected chi connectivity index (χ1v) is 6.52. The predicted octanol–water partition coefficient (Wildman–Crippen LogP) is 3.18. The van der Waals surface area contributed by atoms with Gasteiger partial charge in [0.1, 0.15) is 11.3 Å². The molecule has 1 aromatic heterocycles. The fraction of sp³-hybridized carbons (Fsp3) is 0.0667. The number of imidazole rings is 1. The highest BCUT2D eigenvalue weighted by atomic mass is 35.5. The number of H-pyrrole nitrogens is 1. The number of hydrogen-bond acceptors (Lipinski definition) is 3. The Morgan fingerprint density at radius 3 is 2.90 bits per heavy atom. The van der Waals surface area contributed by atoms with E-state index in [1.807, 2.05) is 6.07 Å². The summed E-state index contributed by atoms with van der Waals surface area (Å²) in [6.45, 7) is 0. The lowest BCUT2D eigenvalue weighted by atomic mass is 10.2. The lowest BCUT2D eigenvalue weighted by Crippen LogP contribution is -2.12. The van der Waals surface area contributed by atoms with E-state index in [0.717, 1.165) is 0 Å². The molecule has 3 aromatic rings. The monoisotopic (exact) mass is 299 g/mol. The van der Waals surface area contributed by atoms with Gasteiger partial charge in [-0.2, -0.15) is 5.26 Å². The first-order valence-electron chi connectivity index (χ1n) is 6.15. The van der Waals surface area contributed by atoms with Crippen LogP contribution in [0.3, 0.4) is 0 Å². The number of nitrogens with one attached hydrogen (secondary N) is 1. The van der Waals surface area contributed by atoms with Crippen LogP contribution in [-0.2, 0) is 7.05 Å². The molecule has 0 radical (unpaired) electrons. The summed E-state index contributed by atoms with van der Waals surface area (Å²) in [4.78, 5) is 14.4. The van der Waals surface area contributed by atoms with Gasteiger partial charge in [-0.25, -0.2) is 4.79 Å². The predicted molar refractivity (Wildman–Crippen MR) is 79.8 cm³/mol. The number of hydrogen-bond donors (Lipinski definition) is 1. The topological polar surface area (TPSA) is 70.8 Å². The standard InChI is InChI=1S/C15H10ClN3O2/c1-19-14-12(18-15(19)20)3-2-4-13(14)21-11-6-9(8-17)5-10(16)7-11/h2-7H,1H3,(H,18,20). The number of aromatic nitrogens is 2. The average molecular weight is 300 g/mol. The van der Waals surface area contributed by atoms with Gasteiger partial charge in [0.2, 0.25) is 0 Å². The molecule has 104 valence electrons. The van der Waals surface area contributed by atoms with Gasteiger partial charge in [-0.05, 0) is 30.3 Å². The summed E-state index contributed by atoms with van der Waals surface area (Å²) < 4.78 is 7.27. The second-order valence-corrected chi connectivity index (χ2v) is 4.97. The lowest BCUT2D eigenvalue weighted by Gasteiger charge is -2.08. The van der Waals surface area contributed by atoms with Gasteiger partial charge in [0, 0.05) is 12.1 Å². The fourth-order valence-corrected chi connectivity index (χ4v) is 2.39. The molecule has 1 N–H and O–H groups in total. The highest BCUT2D eigenvalue weighted by molar-refractivity contribution is 6.30. The van der Waals surface area contributed by atoms with Gasteiger partial charge < -0.3 is 9.72 Å². The van der Waals surface area contributed by atoms with Crippen LogP contribution >= 0.6 is 11.6 Å². The number of aryl methyl sites for hydroxylation is 1. The molecule has 3 rings (SSSR count). The van der Waals surface area contributed by atoms with E-state index in [-0.39, 0.29) is 5.69 Å². The Bertz CT molecular complexity index is 934. The van der Waals surface area contributed by atoms with Crippen LogP contribution in [-0.4, -0.2) is 9.55 Å². The maximum Gasteiger partial charge on any atom is 0.326 e. The van der Waals surface area contributed by atoms with Crippen LogP contribution in [0.5, 0.6) is 11.5 Å². The Labute approximate surface area is 125 Å². The summed E-state index contributed by atoms with van der Waals surface area (Å²) in [5.41, 5.74) is 1.53. The zero-order chi connectivity index (χ0) is 15.0. The van der Waals surface area contributed by atoms with E-state index in [4.69, 9.17) is 21.6 Å². The van der Waals surface area contributed by atoms with Crippen molar-refractivity contribution in [2.75, 3.05) is 0 Å². The van der Waals surface area contributed by atoms with Crippen LogP contribution in [0.4, 0.5) is 0 Å². The molecule has 2 aromatic carbocycles. The van der Waals surface area contributed by atoms with Crippen molar-refractivity contribution >= 4 is 22.6 Å². The SMILES string of the molecule is Cn1c(=O)[nH]c2cccc(Oc3cc(Cl)cc(C#N)c3)c21. The molecule has 0 unspecified atom stereocenters. The molecule has 0 atom stereocenters. The van der Waals surface area contributed by atoms with E-state index in [2.05, 4.69) is 4.98 Å². The number of ether oxygens (including phenoxy) is 1. The molecule has 0 saturated carbocycles. The Kier molecular flexibility index (Phi) is 3.16. The molecular weight excluding hydrogens is 290 g/mol. The van der Waals surface area contributed by atoms with Crippen molar-refractivity contribution in [3.8, 4) is 17.6 Å². The van der Waals surface area contributed by atoms with Gasteiger partial charge in [-0.1, -0.05) is 17.7 Å². The molecule has 0 spiro atoms. The van der Waals surface area contributed by atoms with Gasteiger partial charge in [0.05, 0.1) is 17.1 Å². The van der Waals surface area contributed by atoms with E-state index < -0.39 is 0 Å². The van der Waals surface area contributed by atoms with Crippen molar-refractivity contribution in [2.24, 2.45) is 7.05 Å². The van der Waals surface area contributed by atoms with E-state index in [0.29, 0.717) is 33.1 Å². The molecule has 0 amide bonds. The molecule has 0 saturated heterocycles. The molecule has 6 heteroatoms. The van der Waals surface area contributed by atoms with Gasteiger partial charge in [0.15, 0.2) is 5.75 Å². The fourth-order valence-electron chi connectivity index (χ4n) is 2.17. The lowest BCUT2D eigenvalue weighted by molar-refractivity contribution is 0.485. The zero-order valence-electron chi connectivity index (χ0n) is 11.1. The molecule has 0 aliphatic heterocycles. The van der Waals surface area contributed by atoms with E-state index in [1.165, 1.54) is 4.57 Å². The summed E-state index contributed by atoms with van der Waals surface area (Å²) in [6, 6.07) is 12.1. The van der Waals surface area contributed by atoms with Gasteiger partial charge >= 0.3 is 5.69 Å². The second-order valence-electron chi connectivity index (χ2n) is 4.53. The van der Waals surface area contributed by atoms with Gasteiger partial charge in [-0.3, -0.25) is 4.57 Å². The summed E-state index contributed by atoms with van der Waals surface area (Å²) >= 11 is 5.96. The molecule has 0 bridgehead atoms. The van der Waals surface area contributed by atoms with Crippen molar-refractivity contribution in [1.29, 1.82) is 5.26 Å². The Morgan fingerprint density at radius 1 is 1.33 bits per heavy atom. The Hall–Kier alpha value is -2.71. The number of nitrogens with zero attached hydrogens (tertiary/aromatic N) is 2. The van der Waals surface area contributed by atoms with E-state index in [1.54, 1.807) is 43.4 Å². The Morgan fingerprint density at radius 2 is 2.14 bits per heavy atom. The van der Waals surface area contributed by atoms with Crippen LogP contribution in [0.2, 0.25) is 5.02 Å². The minimum absolute atomic E-state index is 0.218. The molecule has 0 fully saturated rings. The van der Waals surface area contributed by atoms with Gasteiger partial charge in [-0.15, -0.1) is 0 Å². The van der Waals surface area contributed by atoms with Crippen molar-refractivity contribution in [3.05, 3.63) is 57.5 Å². The maximum absolute atomic E-state index is 11.7. The first kappa shape index (κ1) is 13.3. The molecule has 0 aliphatic carbocycles. The number of benzene rings is 2. The van der Waals surface area contributed by atoms with Crippen molar-refractivity contribution < 1.29 is 4.74 Å². The molecule has 0 aliphatic rings. The van der Waals surface area contributed by atoms with E-state index >= 15 is 0 Å². The Balaban J connectivity index is 2.13. The van der Waals surface area contributed by atoms with Crippen LogP contribution < -0.4 is 10.4 Å². The van der Waals surface area contributed by atoms with Crippen molar-refractivity contribution in [3.63, 3.8) is 0 Å². The summed E-state index contributed by atoms with van der Waals surface area (Å²) in [6.07, 6.45) is 0. The number of fused-ring (bicyclic) bond motifs is 1. The number of aromatic amines is 1. The largest absolute Gasteiger partial charge is 0.455 e. The minimum Gasteiger partial charge on any atom is -0.455 e. The van der Waals surface area contributed by atoms with Crippen LogP contribution in [0, 0.1) is 11.3 Å². The highest BCUT2D eigenvalue weighted by Gasteiger charge is 2.10. The van der Waals surface area contributed by atoms with E-state index in [9.17, 15) is 4.79 Å². The maximum atomic E-state index is 11.7. The smallest absolute Gasteiger partial charge is 0.326 e. The molecule has 21 heavy (non-hydrogen) atoms. The third kappa shape index (κ3) is 2.37. The van der Waals surface area contributed by atoms with Crippen molar-refractivity contribution in [2.45, 2.75) is 0 Å². The van der Waals surface area contributed by atoms with Crippen LogP contribution in [0.1, 0.15) is 5.56 Å². The average Bonchev–Trinajstić information content (AvgIpc) is 2.74. The molecule has 5 nitrogen and oxygen atoms in total. The number of halogens is 1. The number of rotatable bonds is 2. The quantitative estimate of drug-likeness (QED) is 0.790. The third-order valence-corrected chi connectivity index (χ3v) is 3.33. The normalized spacial score (nSPS) is 10.5. The molecule has 1 heterocycles. The summed E-state index contributed by atoms with van der Waals surface area (Å²) in [7, 11) is 1.66. The first-order chi connectivity index (χ1) is 10.1. The number of nitriles is 1. The second kappa shape index (κ2) is 5.00. The third-order valence-electron chi connectivity index (χ3n) is 3.11. The zero-order valence-corrected chi connectivity index (χ0v) is 11.8. The van der Waals surface area contributed by atoms with Crippen molar-refractivity contribution in [1.82, 2.24) is 9.55 Å². The minimum atomic E-state index is -0.218. The summed E-state index contributed by atoms with van der Waals surface area (Å²) in [5.74, 6) is 0.958. The van der Waals surface area contributed by atoms with Gasteiger partial charge in [0.25, 0.3) is 0 Å². The summed E-state index contributed by atoms with van der Waals surface area (Å²) in [5, 5.41) is 9.37. The van der Waals surface area contributed by atoms with Crippen LogP contribution in [0.15, 0.2) is 41.2 Å². The highest BCUT2D eigenvalue weighted by Crippen LogP contribution is 2.30. The van der Waals surface area contributed by atoms with Crippen LogP contribution in [0.25, 0.3) is 11.0 Å². The molecular formula is C15H10ClN3O2.